The molecule has 2 rings (SSSR count). The quantitative estimate of drug-likeness (QED) is 0.896. The summed E-state index contributed by atoms with van der Waals surface area (Å²) in [6.07, 6.45) is 2.42. The number of halogens is 1. The molecule has 1 atom stereocenters. The normalized spacial score (nSPS) is 17.2. The molecule has 1 fully saturated rings. The number of hydrogen-bond donors (Lipinski definition) is 2. The molecule has 1 aromatic heterocycles. The van der Waals surface area contributed by atoms with Gasteiger partial charge >= 0.3 is 0 Å². The number of aryl methyl sites for hydroxylation is 1. The van der Waals surface area contributed by atoms with Gasteiger partial charge in [-0.2, -0.15) is 0 Å². The van der Waals surface area contributed by atoms with E-state index < -0.39 is 0 Å². The van der Waals surface area contributed by atoms with Gasteiger partial charge in [0.2, 0.25) is 0 Å². The number of thiophene rings is 1. The van der Waals surface area contributed by atoms with E-state index in [1.807, 2.05) is 13.0 Å². The van der Waals surface area contributed by atoms with Gasteiger partial charge in [0, 0.05) is 12.6 Å². The minimum absolute atomic E-state index is 0.0186. The SMILES string of the molecule is Cc1cc(C(=O)NCC(N)C2CC2)sc1Br. The second kappa shape index (κ2) is 4.85. The van der Waals surface area contributed by atoms with E-state index in [2.05, 4.69) is 21.2 Å². The lowest BCUT2D eigenvalue weighted by Gasteiger charge is -2.10. The summed E-state index contributed by atoms with van der Waals surface area (Å²) in [5.41, 5.74) is 7.02. The molecule has 88 valence electrons. The molecule has 0 aliphatic heterocycles. The minimum atomic E-state index is -0.0186. The van der Waals surface area contributed by atoms with E-state index in [0.717, 1.165) is 14.2 Å². The highest BCUT2D eigenvalue weighted by atomic mass is 79.9. The number of rotatable bonds is 4. The van der Waals surface area contributed by atoms with Gasteiger partial charge in [-0.25, -0.2) is 0 Å². The molecule has 0 spiro atoms. The number of nitrogens with two attached hydrogens (primary N) is 1. The van der Waals surface area contributed by atoms with Crippen LogP contribution in [0.2, 0.25) is 0 Å². The fourth-order valence-electron chi connectivity index (χ4n) is 1.56. The summed E-state index contributed by atoms with van der Waals surface area (Å²) in [6, 6.07) is 2.01. The van der Waals surface area contributed by atoms with Crippen molar-refractivity contribution in [3.63, 3.8) is 0 Å². The molecule has 1 aliphatic carbocycles. The standard InChI is InChI=1S/C11H15BrN2OS/c1-6-4-9(16-10(6)12)11(15)14-5-8(13)7-2-3-7/h4,7-8H,2-3,5,13H2,1H3,(H,14,15). The van der Waals surface area contributed by atoms with Crippen LogP contribution in [0.1, 0.15) is 28.1 Å². The zero-order valence-corrected chi connectivity index (χ0v) is 11.5. The summed E-state index contributed by atoms with van der Waals surface area (Å²) >= 11 is 4.87. The van der Waals surface area contributed by atoms with E-state index in [9.17, 15) is 4.79 Å². The molecule has 1 aromatic rings. The van der Waals surface area contributed by atoms with Crippen molar-refractivity contribution >= 4 is 33.2 Å². The molecule has 0 saturated heterocycles. The predicted octanol–water partition coefficient (Wildman–Crippen LogP) is 2.29. The van der Waals surface area contributed by atoms with Gasteiger partial charge in [0.25, 0.3) is 5.91 Å². The van der Waals surface area contributed by atoms with Crippen molar-refractivity contribution in [3.8, 4) is 0 Å². The lowest BCUT2D eigenvalue weighted by atomic mass is 10.2. The number of nitrogens with one attached hydrogen (secondary N) is 1. The highest BCUT2D eigenvalue weighted by Gasteiger charge is 2.28. The van der Waals surface area contributed by atoms with Gasteiger partial charge in [0.15, 0.2) is 0 Å². The number of carbonyl (C=O) groups is 1. The average molecular weight is 303 g/mol. The Bertz CT molecular complexity index is 381. The molecule has 1 amide bonds. The molecule has 16 heavy (non-hydrogen) atoms. The van der Waals surface area contributed by atoms with Crippen LogP contribution in [0.3, 0.4) is 0 Å². The van der Waals surface area contributed by atoms with E-state index in [1.165, 1.54) is 24.2 Å². The molecule has 3 N–H and O–H groups in total. The van der Waals surface area contributed by atoms with E-state index >= 15 is 0 Å². The summed E-state index contributed by atoms with van der Waals surface area (Å²) in [4.78, 5) is 12.5. The summed E-state index contributed by atoms with van der Waals surface area (Å²) in [7, 11) is 0. The second-order valence-electron chi connectivity index (χ2n) is 4.28. The maximum absolute atomic E-state index is 11.8. The number of carbonyl (C=O) groups excluding carboxylic acids is 1. The Kier molecular flexibility index (Phi) is 3.66. The van der Waals surface area contributed by atoms with E-state index in [4.69, 9.17) is 5.73 Å². The van der Waals surface area contributed by atoms with Gasteiger partial charge in [-0.05, 0) is 53.2 Å². The van der Waals surface area contributed by atoms with Crippen LogP contribution in [0.5, 0.6) is 0 Å². The molecular formula is C11H15BrN2OS. The Labute approximate surface area is 108 Å². The van der Waals surface area contributed by atoms with Crippen molar-refractivity contribution in [3.05, 3.63) is 20.3 Å². The highest BCUT2D eigenvalue weighted by molar-refractivity contribution is 9.11. The Morgan fingerprint density at radius 1 is 1.75 bits per heavy atom. The van der Waals surface area contributed by atoms with Crippen LogP contribution in [0.4, 0.5) is 0 Å². The van der Waals surface area contributed by atoms with Gasteiger partial charge in [-0.3, -0.25) is 4.79 Å². The Hall–Kier alpha value is -0.390. The van der Waals surface area contributed by atoms with E-state index in [1.54, 1.807) is 0 Å². The van der Waals surface area contributed by atoms with Crippen molar-refractivity contribution in [1.82, 2.24) is 5.32 Å². The summed E-state index contributed by atoms with van der Waals surface area (Å²) in [6.45, 7) is 2.56. The largest absolute Gasteiger partial charge is 0.350 e. The molecule has 1 unspecified atom stereocenters. The first-order chi connectivity index (χ1) is 7.58. The molecule has 1 saturated carbocycles. The molecule has 5 heteroatoms. The fourth-order valence-corrected chi connectivity index (χ4v) is 3.01. The van der Waals surface area contributed by atoms with Crippen LogP contribution in [-0.2, 0) is 0 Å². The monoisotopic (exact) mass is 302 g/mol. The van der Waals surface area contributed by atoms with Crippen LogP contribution in [0.15, 0.2) is 9.85 Å². The fraction of sp³-hybridized carbons (Fsp3) is 0.545. The molecular weight excluding hydrogens is 288 g/mol. The molecule has 0 bridgehead atoms. The summed E-state index contributed by atoms with van der Waals surface area (Å²) < 4.78 is 1.02. The first kappa shape index (κ1) is 12.1. The molecule has 0 aromatic carbocycles. The second-order valence-corrected chi connectivity index (χ2v) is 6.65. The third-order valence-corrected chi connectivity index (χ3v) is 4.94. The smallest absolute Gasteiger partial charge is 0.261 e. The molecule has 0 radical (unpaired) electrons. The molecule has 1 heterocycles. The Morgan fingerprint density at radius 3 is 2.94 bits per heavy atom. The summed E-state index contributed by atoms with van der Waals surface area (Å²) in [5.74, 6) is 0.604. The van der Waals surface area contributed by atoms with Crippen LogP contribution < -0.4 is 11.1 Å². The van der Waals surface area contributed by atoms with Crippen LogP contribution in [-0.4, -0.2) is 18.5 Å². The lowest BCUT2D eigenvalue weighted by molar-refractivity contribution is 0.0954. The highest BCUT2D eigenvalue weighted by Crippen LogP contribution is 2.31. The van der Waals surface area contributed by atoms with Crippen molar-refractivity contribution < 1.29 is 4.79 Å². The lowest BCUT2D eigenvalue weighted by Crippen LogP contribution is -2.38. The van der Waals surface area contributed by atoms with Crippen LogP contribution in [0.25, 0.3) is 0 Å². The predicted molar refractivity (Wildman–Crippen MR) is 69.8 cm³/mol. The maximum Gasteiger partial charge on any atom is 0.261 e. The van der Waals surface area contributed by atoms with Gasteiger partial charge in [0.1, 0.15) is 0 Å². The van der Waals surface area contributed by atoms with Crippen molar-refractivity contribution in [2.45, 2.75) is 25.8 Å². The van der Waals surface area contributed by atoms with Gasteiger partial charge in [0.05, 0.1) is 8.66 Å². The van der Waals surface area contributed by atoms with Crippen molar-refractivity contribution in [2.24, 2.45) is 11.7 Å². The topological polar surface area (TPSA) is 55.1 Å². The van der Waals surface area contributed by atoms with Gasteiger partial charge in [-0.15, -0.1) is 11.3 Å². The Morgan fingerprint density at radius 2 is 2.44 bits per heavy atom. The van der Waals surface area contributed by atoms with Crippen LogP contribution >= 0.6 is 27.3 Å². The maximum atomic E-state index is 11.8. The first-order valence-corrected chi connectivity index (χ1v) is 6.98. The van der Waals surface area contributed by atoms with Crippen molar-refractivity contribution in [1.29, 1.82) is 0 Å². The van der Waals surface area contributed by atoms with E-state index in [0.29, 0.717) is 12.5 Å². The Balaban J connectivity index is 1.87. The first-order valence-electron chi connectivity index (χ1n) is 5.37. The molecule has 1 aliphatic rings. The third-order valence-electron chi connectivity index (χ3n) is 2.81. The van der Waals surface area contributed by atoms with Crippen molar-refractivity contribution in [2.75, 3.05) is 6.54 Å². The molecule has 3 nitrogen and oxygen atoms in total. The third kappa shape index (κ3) is 2.84. The van der Waals surface area contributed by atoms with E-state index in [-0.39, 0.29) is 11.9 Å². The van der Waals surface area contributed by atoms with Gasteiger partial charge < -0.3 is 11.1 Å². The number of hydrogen-bond acceptors (Lipinski definition) is 3. The zero-order chi connectivity index (χ0) is 11.7. The van der Waals surface area contributed by atoms with Gasteiger partial charge in [-0.1, -0.05) is 0 Å². The summed E-state index contributed by atoms with van der Waals surface area (Å²) in [5, 5.41) is 2.89. The zero-order valence-electron chi connectivity index (χ0n) is 9.13. The number of amides is 1. The average Bonchev–Trinajstić information content (AvgIpc) is 3.03. The van der Waals surface area contributed by atoms with Crippen LogP contribution in [0, 0.1) is 12.8 Å². The minimum Gasteiger partial charge on any atom is -0.350 e.